The highest BCUT2D eigenvalue weighted by Gasteiger charge is 2.47. The Kier molecular flexibility index (Phi) is 6.74. The lowest BCUT2D eigenvalue weighted by Crippen LogP contribution is -2.33. The number of aliphatic hydroxyl groups is 2. The fourth-order valence-corrected chi connectivity index (χ4v) is 5.63. The quantitative estimate of drug-likeness (QED) is 0.177. The molecule has 9 N–H and O–H groups in total. The molecule has 2 unspecified atom stereocenters. The molecule has 2 aromatic rings. The van der Waals surface area contributed by atoms with Crippen LogP contribution in [0.3, 0.4) is 0 Å². The maximum absolute atomic E-state index is 11.8. The molecule has 0 aliphatic carbocycles. The van der Waals surface area contributed by atoms with Crippen molar-refractivity contribution < 1.29 is 52.2 Å². The fraction of sp³-hybridized carbons (Fsp3) is 0.500. The van der Waals surface area contributed by atoms with Crippen LogP contribution < -0.4 is 16.2 Å². The van der Waals surface area contributed by atoms with Crippen LogP contribution in [0.25, 0.3) is 11.2 Å². The maximum atomic E-state index is 11.8. The largest absolute Gasteiger partial charge is 0.707 e. The second kappa shape index (κ2) is 8.71. The third kappa shape index (κ3) is 5.59. The van der Waals surface area contributed by atoms with Crippen LogP contribution in [-0.4, -0.2) is 69.3 Å². The van der Waals surface area contributed by atoms with E-state index in [2.05, 4.69) is 23.8 Å². The van der Waals surface area contributed by atoms with Gasteiger partial charge in [-0.1, -0.05) is 0 Å². The Bertz CT molecular complexity index is 1150. The summed E-state index contributed by atoms with van der Waals surface area (Å²) < 4.78 is 49.0. The topological polar surface area (TPSA) is 282 Å². The Morgan fingerprint density at radius 1 is 1.32 bits per heavy atom. The zero-order valence-corrected chi connectivity index (χ0v) is 17.6. The first-order valence-electron chi connectivity index (χ1n) is 7.99. The van der Waals surface area contributed by atoms with Crippen LogP contribution in [0.1, 0.15) is 6.23 Å². The minimum absolute atomic E-state index is 0.0572. The molecule has 0 bridgehead atoms. The van der Waals surface area contributed by atoms with E-state index in [1.807, 2.05) is 0 Å². The number of nitrogens with one attached hydrogen (secondary N) is 2. The summed E-state index contributed by atoms with van der Waals surface area (Å²) in [5.41, 5.74) is 4.66. The molecule has 0 amide bonds. The van der Waals surface area contributed by atoms with Gasteiger partial charge < -0.3 is 35.4 Å². The minimum Gasteiger partial charge on any atom is -0.387 e. The van der Waals surface area contributed by atoms with Gasteiger partial charge in [0.2, 0.25) is 5.95 Å². The molecule has 21 heteroatoms. The van der Waals surface area contributed by atoms with Crippen molar-refractivity contribution >= 4 is 40.9 Å². The molecule has 0 radical (unpaired) electrons. The second-order valence-corrected chi connectivity index (χ2v) is 10.4. The molecule has 172 valence electrons. The number of hydrogen-bond donors (Lipinski definition) is 8. The van der Waals surface area contributed by atoms with Crippen molar-refractivity contribution in [3.05, 3.63) is 16.7 Å². The molecule has 2 aromatic heterocycles. The molecule has 1 aliphatic rings. The molecule has 0 saturated carbocycles. The van der Waals surface area contributed by atoms with Gasteiger partial charge in [0.15, 0.2) is 17.4 Å². The smallest absolute Gasteiger partial charge is 0.387 e. The van der Waals surface area contributed by atoms with Gasteiger partial charge in [-0.25, -0.2) is 14.1 Å². The van der Waals surface area contributed by atoms with Crippen molar-refractivity contribution in [3.8, 4) is 0 Å². The number of aromatic amines is 1. The number of aromatic nitrogens is 4. The highest BCUT2D eigenvalue weighted by molar-refractivity contribution is 7.69. The van der Waals surface area contributed by atoms with E-state index >= 15 is 0 Å². The molecule has 6 atom stereocenters. The number of fused-ring (bicyclic) bond motifs is 1. The molecular weight excluding hydrogens is 489 g/mol. The molecule has 1 fully saturated rings. The third-order valence-electron chi connectivity index (χ3n) is 3.84. The van der Waals surface area contributed by atoms with Crippen LogP contribution in [0.15, 0.2) is 11.1 Å². The molecule has 1 aliphatic heterocycles. The molecule has 18 nitrogen and oxygen atoms in total. The first-order valence-corrected chi connectivity index (χ1v) is 12.3. The van der Waals surface area contributed by atoms with E-state index < -0.39 is 60.5 Å². The van der Waals surface area contributed by atoms with Gasteiger partial charge in [-0.15, -0.1) is 9.38 Å². The zero-order valence-electron chi connectivity index (χ0n) is 14.9. The Morgan fingerprint density at radius 2 is 2.00 bits per heavy atom. The summed E-state index contributed by atoms with van der Waals surface area (Å²) in [4.78, 5) is 49.1. The number of ether oxygens (including phenoxy) is 1. The molecular formula is C10H16N6O12P3+. The Hall–Kier alpha value is -1.65. The van der Waals surface area contributed by atoms with Crippen molar-refractivity contribution in [2.24, 2.45) is 0 Å². The lowest BCUT2D eigenvalue weighted by molar-refractivity contribution is -0.0475. The molecule has 0 spiro atoms. The van der Waals surface area contributed by atoms with Gasteiger partial charge in [-0.3, -0.25) is 14.3 Å². The van der Waals surface area contributed by atoms with E-state index in [0.717, 1.165) is 15.8 Å². The van der Waals surface area contributed by atoms with E-state index in [9.17, 15) is 33.6 Å². The van der Waals surface area contributed by atoms with E-state index in [0.29, 0.717) is 0 Å². The first-order chi connectivity index (χ1) is 14.3. The monoisotopic (exact) mass is 505 g/mol. The predicted octanol–water partition coefficient (Wildman–Crippen LogP) is -2.21. The lowest BCUT2D eigenvalue weighted by atomic mass is 10.1. The highest BCUT2D eigenvalue weighted by atomic mass is 31.3. The van der Waals surface area contributed by atoms with E-state index in [-0.39, 0.29) is 17.1 Å². The zero-order chi connectivity index (χ0) is 23.1. The lowest BCUT2D eigenvalue weighted by Gasteiger charge is -2.16. The number of nitrogens with two attached hydrogens (primary N) is 1. The molecule has 3 heterocycles. The van der Waals surface area contributed by atoms with Crippen LogP contribution in [-0.2, 0) is 27.3 Å². The summed E-state index contributed by atoms with van der Waals surface area (Å²) in [7, 11) is -13.8. The number of hydrogen-bond acceptors (Lipinski definition) is 12. The minimum atomic E-state index is -5.19. The molecule has 31 heavy (non-hydrogen) atoms. The normalized spacial score (nSPS) is 26.8. The number of nitrogen functional groups attached to an aromatic ring is 1. The average Bonchev–Trinajstić information content (AvgIpc) is 3.13. The van der Waals surface area contributed by atoms with Crippen molar-refractivity contribution in [1.29, 1.82) is 0 Å². The van der Waals surface area contributed by atoms with E-state index in [1.54, 1.807) is 0 Å². The van der Waals surface area contributed by atoms with Gasteiger partial charge in [0.25, 0.3) is 5.56 Å². The van der Waals surface area contributed by atoms with Crippen molar-refractivity contribution in [2.75, 3.05) is 12.3 Å². The van der Waals surface area contributed by atoms with Crippen molar-refractivity contribution in [1.82, 2.24) is 24.4 Å². The number of imidazole rings is 1. The van der Waals surface area contributed by atoms with E-state index in [4.69, 9.17) is 20.3 Å². The van der Waals surface area contributed by atoms with Gasteiger partial charge in [0.05, 0.1) is 6.33 Å². The molecule has 0 aromatic carbocycles. The van der Waals surface area contributed by atoms with Gasteiger partial charge in [0.1, 0.15) is 24.9 Å². The highest BCUT2D eigenvalue weighted by Crippen LogP contribution is 2.54. The second-order valence-electron chi connectivity index (χ2n) is 6.09. The van der Waals surface area contributed by atoms with Gasteiger partial charge in [-0.2, -0.15) is 4.98 Å². The Balaban J connectivity index is 1.68. The number of H-pyrrole nitrogens is 1. The number of nitrogens with zero attached hydrogens (tertiary/aromatic N) is 3. The fourth-order valence-electron chi connectivity index (χ4n) is 2.66. The Labute approximate surface area is 171 Å². The number of aliphatic hydroxyl groups excluding tert-OH is 2. The number of anilines is 1. The summed E-state index contributed by atoms with van der Waals surface area (Å²) in [5, 5.41) is 20.4. The van der Waals surface area contributed by atoms with Crippen LogP contribution in [0.4, 0.5) is 5.95 Å². The standard InChI is InChI=1S/C10H15N6O12P3/c11-10-13-7-4(8(19)14-10)12-2-16(7)9-6(18)5(17)3(27-9)1-26-29(20)28-31(24,25)15-30(21,22)23/h2-3,5-6,9,17-18H,1H2,(H6-,11,13,14,15,19,21,22,23,24,25)/p+1/t3-,5-,6-,9-/m1/s1. The first kappa shape index (κ1) is 24.0. The summed E-state index contributed by atoms with van der Waals surface area (Å²) >= 11 is 0. The molecule has 1 saturated heterocycles. The van der Waals surface area contributed by atoms with Crippen LogP contribution >= 0.6 is 23.7 Å². The number of rotatable bonds is 8. The summed E-state index contributed by atoms with van der Waals surface area (Å²) in [6.45, 7) is -0.734. The van der Waals surface area contributed by atoms with Crippen molar-refractivity contribution in [3.63, 3.8) is 0 Å². The summed E-state index contributed by atoms with van der Waals surface area (Å²) in [6, 6.07) is 0. The third-order valence-corrected chi connectivity index (χ3v) is 7.67. The van der Waals surface area contributed by atoms with Crippen LogP contribution in [0.5, 0.6) is 0 Å². The van der Waals surface area contributed by atoms with Gasteiger partial charge >= 0.3 is 23.7 Å². The van der Waals surface area contributed by atoms with E-state index in [1.165, 1.54) is 0 Å². The maximum Gasteiger partial charge on any atom is 0.707 e. The SMILES string of the molecule is Nc1nc2c(ncn2[C@@H]2O[C@H](CO[P+](=O)OP(=O)(O)NP(=O)(O)O)[C@@H](O)[C@H]2O)c(=O)[nH]1. The summed E-state index contributed by atoms with van der Waals surface area (Å²) in [5.74, 6) is -0.237. The van der Waals surface area contributed by atoms with Crippen LogP contribution in [0.2, 0.25) is 0 Å². The van der Waals surface area contributed by atoms with Gasteiger partial charge in [0, 0.05) is 4.57 Å². The summed E-state index contributed by atoms with van der Waals surface area (Å²) in [6.07, 6.45) is -4.75. The molecule has 3 rings (SSSR count). The van der Waals surface area contributed by atoms with Crippen molar-refractivity contribution in [2.45, 2.75) is 24.5 Å². The van der Waals surface area contributed by atoms with Gasteiger partial charge in [-0.05, 0) is 4.31 Å². The average molecular weight is 505 g/mol. The Morgan fingerprint density at radius 3 is 2.65 bits per heavy atom. The van der Waals surface area contributed by atoms with Crippen LogP contribution in [0, 0.1) is 0 Å². The predicted molar refractivity (Wildman–Crippen MR) is 98.1 cm³/mol.